The molecule has 2 aromatic carbocycles. The Labute approximate surface area is 190 Å². The number of benzene rings is 2. The summed E-state index contributed by atoms with van der Waals surface area (Å²) >= 11 is 4.33. The van der Waals surface area contributed by atoms with Crippen LogP contribution in [0, 0.1) is 10.1 Å². The standard InChI is InChI=1S/C22H16BrN3O4S/c23-18-9-3-1-6-15(18)14-25-21(27)20(31-22(25)28)12-17-8-5-11-24(17)13-16-7-2-4-10-19(16)26(29)30/h1-12H,13-14H2/b20-12-. The molecule has 1 aliphatic heterocycles. The molecule has 2 heterocycles. The van der Waals surface area contributed by atoms with Crippen molar-refractivity contribution in [1.82, 2.24) is 9.47 Å². The highest BCUT2D eigenvalue weighted by atomic mass is 79.9. The van der Waals surface area contributed by atoms with Crippen LogP contribution < -0.4 is 0 Å². The molecule has 9 heteroatoms. The third-order valence-electron chi connectivity index (χ3n) is 4.83. The number of nitro benzene ring substituents is 1. The maximum absolute atomic E-state index is 12.9. The zero-order valence-corrected chi connectivity index (χ0v) is 18.5. The smallest absolute Gasteiger partial charge is 0.293 e. The number of halogens is 1. The first-order valence-corrected chi connectivity index (χ1v) is 10.9. The first-order chi connectivity index (χ1) is 14.9. The van der Waals surface area contributed by atoms with Gasteiger partial charge in [-0.2, -0.15) is 0 Å². The predicted octanol–water partition coefficient (Wildman–Crippen LogP) is 5.44. The van der Waals surface area contributed by atoms with Crippen molar-refractivity contribution in [2.45, 2.75) is 13.1 Å². The number of thioether (sulfide) groups is 1. The second-order valence-electron chi connectivity index (χ2n) is 6.81. The monoisotopic (exact) mass is 497 g/mol. The Morgan fingerprint density at radius 3 is 2.42 bits per heavy atom. The highest BCUT2D eigenvalue weighted by Crippen LogP contribution is 2.34. The van der Waals surface area contributed by atoms with Crippen molar-refractivity contribution in [2.24, 2.45) is 0 Å². The number of carbonyl (C=O) groups excluding carboxylic acids is 2. The number of para-hydroxylation sites is 1. The summed E-state index contributed by atoms with van der Waals surface area (Å²) in [5, 5.41) is 11.0. The van der Waals surface area contributed by atoms with Crippen LogP contribution in [0.3, 0.4) is 0 Å². The van der Waals surface area contributed by atoms with Crippen LogP contribution in [-0.4, -0.2) is 25.5 Å². The molecule has 0 atom stereocenters. The largest absolute Gasteiger partial charge is 0.343 e. The molecule has 0 saturated carbocycles. The number of aromatic nitrogens is 1. The molecular weight excluding hydrogens is 482 g/mol. The molecule has 1 saturated heterocycles. The molecule has 4 rings (SSSR count). The van der Waals surface area contributed by atoms with Crippen molar-refractivity contribution in [3.05, 3.63) is 103 Å². The molecule has 156 valence electrons. The van der Waals surface area contributed by atoms with Gasteiger partial charge in [0, 0.05) is 28.0 Å². The number of hydrogen-bond acceptors (Lipinski definition) is 5. The average molecular weight is 498 g/mol. The molecule has 0 unspecified atom stereocenters. The molecule has 1 aromatic heterocycles. The van der Waals surface area contributed by atoms with Crippen molar-refractivity contribution < 1.29 is 14.5 Å². The predicted molar refractivity (Wildman–Crippen MR) is 122 cm³/mol. The molecule has 1 fully saturated rings. The Hall–Kier alpha value is -3.17. The van der Waals surface area contributed by atoms with Gasteiger partial charge in [0.2, 0.25) is 0 Å². The van der Waals surface area contributed by atoms with Crippen molar-refractivity contribution in [3.8, 4) is 0 Å². The zero-order chi connectivity index (χ0) is 22.0. The van der Waals surface area contributed by atoms with E-state index in [1.165, 1.54) is 11.0 Å². The molecule has 1 aliphatic rings. The van der Waals surface area contributed by atoms with Gasteiger partial charge in [-0.15, -0.1) is 0 Å². The summed E-state index contributed by atoms with van der Waals surface area (Å²) in [6.45, 7) is 0.456. The van der Waals surface area contributed by atoms with Gasteiger partial charge in [0.25, 0.3) is 16.8 Å². The van der Waals surface area contributed by atoms with E-state index >= 15 is 0 Å². The topological polar surface area (TPSA) is 85.5 Å². The molecule has 0 N–H and O–H groups in total. The molecule has 0 aliphatic carbocycles. The molecule has 31 heavy (non-hydrogen) atoms. The number of hydrogen-bond donors (Lipinski definition) is 0. The molecule has 2 amide bonds. The Kier molecular flexibility index (Phi) is 6.06. The van der Waals surface area contributed by atoms with Crippen molar-refractivity contribution >= 4 is 50.6 Å². The molecule has 0 bridgehead atoms. The fourth-order valence-corrected chi connectivity index (χ4v) is 4.51. The molecule has 7 nitrogen and oxygen atoms in total. The van der Waals surface area contributed by atoms with Crippen LogP contribution in [-0.2, 0) is 17.9 Å². The van der Waals surface area contributed by atoms with Crippen LogP contribution in [0.1, 0.15) is 16.8 Å². The minimum absolute atomic E-state index is 0.0379. The molecule has 0 spiro atoms. The normalized spacial score (nSPS) is 15.1. The number of amides is 2. The summed E-state index contributed by atoms with van der Waals surface area (Å²) in [6.07, 6.45) is 3.44. The fraction of sp³-hybridized carbons (Fsp3) is 0.0909. The van der Waals surface area contributed by atoms with Crippen molar-refractivity contribution in [3.63, 3.8) is 0 Å². The van der Waals surface area contributed by atoms with Crippen molar-refractivity contribution in [2.75, 3.05) is 0 Å². The number of imide groups is 1. The lowest BCUT2D eigenvalue weighted by atomic mass is 10.2. The first kappa shape index (κ1) is 21.1. The first-order valence-electron chi connectivity index (χ1n) is 9.30. The minimum atomic E-state index is -0.411. The number of rotatable bonds is 6. The van der Waals surface area contributed by atoms with E-state index in [9.17, 15) is 19.7 Å². The van der Waals surface area contributed by atoms with Gasteiger partial charge in [0.15, 0.2) is 0 Å². The van der Waals surface area contributed by atoms with Gasteiger partial charge in [-0.3, -0.25) is 24.6 Å². The van der Waals surface area contributed by atoms with E-state index in [2.05, 4.69) is 15.9 Å². The van der Waals surface area contributed by atoms with E-state index in [0.717, 1.165) is 21.8 Å². The Morgan fingerprint density at radius 1 is 0.968 bits per heavy atom. The number of nitro groups is 1. The van der Waals surface area contributed by atoms with E-state index in [1.54, 1.807) is 42.6 Å². The third kappa shape index (κ3) is 4.47. The maximum atomic E-state index is 12.9. The van der Waals surface area contributed by atoms with Gasteiger partial charge in [-0.25, -0.2) is 0 Å². The van der Waals surface area contributed by atoms with E-state index in [1.807, 2.05) is 28.8 Å². The van der Waals surface area contributed by atoms with E-state index in [4.69, 9.17) is 0 Å². The SMILES string of the molecule is O=C1S/C(=C\c2cccn2Cc2ccccc2[N+](=O)[O-])C(=O)N1Cc1ccccc1Br. The van der Waals surface area contributed by atoms with Gasteiger partial charge in [0.05, 0.1) is 22.9 Å². The van der Waals surface area contributed by atoms with Gasteiger partial charge >= 0.3 is 0 Å². The van der Waals surface area contributed by atoms with Crippen LogP contribution >= 0.6 is 27.7 Å². The summed E-state index contributed by atoms with van der Waals surface area (Å²) in [6, 6.07) is 17.6. The van der Waals surface area contributed by atoms with Crippen LogP contribution in [0.15, 0.2) is 76.2 Å². The van der Waals surface area contributed by atoms with E-state index in [-0.39, 0.29) is 29.9 Å². The fourth-order valence-electron chi connectivity index (χ4n) is 3.28. The summed E-state index contributed by atoms with van der Waals surface area (Å²) in [5.74, 6) is -0.357. The summed E-state index contributed by atoms with van der Waals surface area (Å²) < 4.78 is 2.64. The van der Waals surface area contributed by atoms with Gasteiger partial charge in [-0.1, -0.05) is 52.3 Å². The highest BCUT2D eigenvalue weighted by Gasteiger charge is 2.35. The van der Waals surface area contributed by atoms with Crippen molar-refractivity contribution in [1.29, 1.82) is 0 Å². The molecular formula is C22H16BrN3O4S. The van der Waals surface area contributed by atoms with E-state index in [0.29, 0.717) is 16.2 Å². The Bertz CT molecular complexity index is 1220. The minimum Gasteiger partial charge on any atom is -0.343 e. The van der Waals surface area contributed by atoms with E-state index < -0.39 is 4.92 Å². The lowest BCUT2D eigenvalue weighted by Crippen LogP contribution is -2.27. The lowest BCUT2D eigenvalue weighted by Gasteiger charge is -2.13. The highest BCUT2D eigenvalue weighted by molar-refractivity contribution is 9.10. The summed E-state index contributed by atoms with van der Waals surface area (Å²) in [4.78, 5) is 37.8. The molecule has 3 aromatic rings. The van der Waals surface area contributed by atoms with Gasteiger partial charge in [-0.05, 0) is 41.6 Å². The molecule has 0 radical (unpaired) electrons. The summed E-state index contributed by atoms with van der Waals surface area (Å²) in [5.41, 5.74) is 2.12. The third-order valence-corrected chi connectivity index (χ3v) is 6.51. The second kappa shape index (κ2) is 8.91. The maximum Gasteiger partial charge on any atom is 0.293 e. The average Bonchev–Trinajstić information content (AvgIpc) is 3.29. The quantitative estimate of drug-likeness (QED) is 0.257. The van der Waals surface area contributed by atoms with Crippen LogP contribution in [0.5, 0.6) is 0 Å². The Morgan fingerprint density at radius 2 is 1.68 bits per heavy atom. The second-order valence-corrected chi connectivity index (χ2v) is 8.65. The number of nitrogens with zero attached hydrogens (tertiary/aromatic N) is 3. The van der Waals surface area contributed by atoms with Gasteiger partial charge in [0.1, 0.15) is 0 Å². The van der Waals surface area contributed by atoms with Crippen LogP contribution in [0.25, 0.3) is 6.08 Å². The zero-order valence-electron chi connectivity index (χ0n) is 16.1. The summed E-state index contributed by atoms with van der Waals surface area (Å²) in [7, 11) is 0. The van der Waals surface area contributed by atoms with Crippen LogP contribution in [0.2, 0.25) is 0 Å². The Balaban J connectivity index is 1.57. The lowest BCUT2D eigenvalue weighted by molar-refractivity contribution is -0.385. The van der Waals surface area contributed by atoms with Gasteiger partial charge < -0.3 is 4.57 Å². The number of carbonyl (C=O) groups is 2. The van der Waals surface area contributed by atoms with Crippen LogP contribution in [0.4, 0.5) is 10.5 Å².